The molecule has 0 rings (SSSR count). The Kier molecular flexibility index (Phi) is 56.8. The van der Waals surface area contributed by atoms with Gasteiger partial charge in [0.05, 0.1) is 34.4 Å². The molecule has 2 atom stereocenters. The van der Waals surface area contributed by atoms with Gasteiger partial charge in [0.2, 0.25) is 0 Å². The van der Waals surface area contributed by atoms with Crippen LogP contribution in [0.1, 0.15) is 296 Å². The average Bonchev–Trinajstić information content (AvgIpc) is 3.40. The highest BCUT2D eigenvalue weighted by Crippen LogP contribution is 2.17. The van der Waals surface area contributed by atoms with E-state index in [1.54, 1.807) is 0 Å². The lowest BCUT2D eigenvalue weighted by molar-refractivity contribution is -0.870. The lowest BCUT2D eigenvalue weighted by Gasteiger charge is -2.25. The van der Waals surface area contributed by atoms with Crippen molar-refractivity contribution in [3.05, 3.63) is 60.8 Å². The number of quaternary nitrogens is 1. The van der Waals surface area contributed by atoms with Crippen LogP contribution < -0.4 is 0 Å². The number of likely N-dealkylation sites (N-methyl/N-ethyl adjacent to an activating group) is 1. The molecular weight excluding hydrogens is 959 g/mol. The minimum absolute atomic E-state index is 0.182. The maximum atomic E-state index is 12.9. The maximum Gasteiger partial charge on any atom is 0.361 e. The Morgan fingerprint density at radius 2 is 0.740 bits per heavy atom. The number of unbranched alkanes of at least 4 members (excludes halogenated alkanes) is 35. The molecule has 0 saturated heterocycles. The number of carboxylic acid groups (broad SMARTS) is 1. The molecule has 9 nitrogen and oxygen atoms in total. The summed E-state index contributed by atoms with van der Waals surface area (Å²) in [6.45, 7) is 4.76. The van der Waals surface area contributed by atoms with Crippen LogP contribution in [0.25, 0.3) is 0 Å². The first-order chi connectivity index (χ1) is 37.6. The Hall–Kier alpha value is -3.01. The molecule has 0 aliphatic heterocycles. The van der Waals surface area contributed by atoms with Gasteiger partial charge in [0, 0.05) is 12.8 Å². The number of esters is 2. The van der Waals surface area contributed by atoms with Gasteiger partial charge in [-0.25, -0.2) is 4.79 Å². The van der Waals surface area contributed by atoms with Crippen molar-refractivity contribution < 1.29 is 42.9 Å². The molecule has 0 radical (unpaired) electrons. The number of nitrogens with zero attached hydrogens (tertiary/aromatic N) is 1. The molecule has 0 aromatic carbocycles. The van der Waals surface area contributed by atoms with Gasteiger partial charge in [-0.3, -0.25) is 9.59 Å². The van der Waals surface area contributed by atoms with Gasteiger partial charge < -0.3 is 28.5 Å². The lowest BCUT2D eigenvalue weighted by Crippen LogP contribution is -2.40. The van der Waals surface area contributed by atoms with Crippen molar-refractivity contribution in [2.45, 2.75) is 309 Å². The average molecular weight is 1080 g/mol. The summed E-state index contributed by atoms with van der Waals surface area (Å²) in [5, 5.41) is 9.71. The third-order valence-electron chi connectivity index (χ3n) is 14.3. The molecule has 9 heteroatoms. The molecule has 0 bridgehead atoms. The molecule has 448 valence electrons. The maximum absolute atomic E-state index is 12.9. The topological polar surface area (TPSA) is 108 Å². The van der Waals surface area contributed by atoms with Crippen LogP contribution in [0.2, 0.25) is 0 Å². The zero-order valence-electron chi connectivity index (χ0n) is 51.1. The second-order valence-electron chi connectivity index (χ2n) is 23.0. The Balaban J connectivity index is 4.03. The molecule has 0 aromatic heterocycles. The summed E-state index contributed by atoms with van der Waals surface area (Å²) in [6, 6.07) is 0. The Morgan fingerprint density at radius 1 is 0.403 bits per heavy atom. The highest BCUT2D eigenvalue weighted by atomic mass is 16.7. The molecule has 1 N–H and O–H groups in total. The SMILES string of the molecule is CC/C=C\C/C=C\C/C=C\C/C=C\CCCCCCC(=O)OC(COC(=O)CCCCCCCCCCCCCCCCCCCCCCCCC/C=C\CCCCCCCCCC)COC(OCC[N+](C)(C)C)C(=O)O. The van der Waals surface area contributed by atoms with Crippen LogP contribution in [0, 0.1) is 0 Å². The van der Waals surface area contributed by atoms with E-state index in [0.717, 1.165) is 70.6 Å². The van der Waals surface area contributed by atoms with Crippen LogP contribution in [0.4, 0.5) is 0 Å². The Morgan fingerprint density at radius 3 is 1.12 bits per heavy atom. The van der Waals surface area contributed by atoms with Gasteiger partial charge in [0.15, 0.2) is 6.10 Å². The van der Waals surface area contributed by atoms with E-state index in [9.17, 15) is 19.5 Å². The molecule has 0 aromatic rings. The first-order valence-corrected chi connectivity index (χ1v) is 32.5. The number of aliphatic carboxylic acids is 1. The van der Waals surface area contributed by atoms with Crippen LogP contribution in [0.5, 0.6) is 0 Å². The zero-order chi connectivity index (χ0) is 56.2. The smallest absolute Gasteiger partial charge is 0.361 e. The molecule has 77 heavy (non-hydrogen) atoms. The molecule has 0 saturated carbocycles. The molecule has 0 spiro atoms. The molecule has 0 aliphatic rings. The van der Waals surface area contributed by atoms with Gasteiger partial charge in [-0.2, -0.15) is 0 Å². The summed E-state index contributed by atoms with van der Waals surface area (Å²) in [7, 11) is 5.96. The fraction of sp³-hybridized carbons (Fsp3) is 0.809. The first-order valence-electron chi connectivity index (χ1n) is 32.5. The van der Waals surface area contributed by atoms with E-state index in [1.807, 2.05) is 21.1 Å². The standard InChI is InChI=1S/C68H123NO8/c1-6-8-10-12-14-16-18-20-22-24-25-26-27-28-29-30-31-32-33-34-35-36-37-38-39-40-41-43-44-46-48-50-52-54-56-58-65(70)75-62-64(63-76-68(67(72)73)74-61-60-69(3,4)5)77-66(71)59-57-55-53-51-49-47-45-42-23-21-19-17-15-13-11-9-7-2/h9,11,15,17,21,23-25,45,47,64,68H,6-8,10,12-14,16,18-20,22,26-44,46,48-63H2,1-5H3/p+1/b11-9-,17-15-,23-21-,25-24-,47-45-. The van der Waals surface area contributed by atoms with Crippen molar-refractivity contribution in [2.75, 3.05) is 47.5 Å². The number of hydrogen-bond acceptors (Lipinski definition) is 7. The summed E-state index contributed by atoms with van der Waals surface area (Å²) >= 11 is 0. The van der Waals surface area contributed by atoms with E-state index in [4.69, 9.17) is 18.9 Å². The van der Waals surface area contributed by atoms with Crippen LogP contribution in [0.3, 0.4) is 0 Å². The molecule has 0 fully saturated rings. The van der Waals surface area contributed by atoms with Crippen molar-refractivity contribution in [3.63, 3.8) is 0 Å². The Labute approximate surface area is 475 Å². The van der Waals surface area contributed by atoms with Gasteiger partial charge in [0.25, 0.3) is 6.29 Å². The third kappa shape index (κ3) is 60.5. The molecule has 0 aliphatic carbocycles. The van der Waals surface area contributed by atoms with E-state index in [1.165, 1.54) is 193 Å². The zero-order valence-corrected chi connectivity index (χ0v) is 51.1. The second kappa shape index (κ2) is 59.1. The summed E-state index contributed by atoms with van der Waals surface area (Å²) in [6.07, 6.45) is 73.4. The predicted molar refractivity (Wildman–Crippen MR) is 327 cm³/mol. The van der Waals surface area contributed by atoms with Gasteiger partial charge in [-0.05, 0) is 77.0 Å². The normalized spacial score (nSPS) is 13.1. The quantitative estimate of drug-likeness (QED) is 0.0211. The van der Waals surface area contributed by atoms with Crippen molar-refractivity contribution in [1.82, 2.24) is 0 Å². The van der Waals surface area contributed by atoms with Crippen molar-refractivity contribution in [1.29, 1.82) is 0 Å². The molecule has 2 unspecified atom stereocenters. The van der Waals surface area contributed by atoms with Gasteiger partial charge in [-0.1, -0.05) is 267 Å². The molecule has 0 amide bonds. The minimum atomic E-state index is -1.52. The monoisotopic (exact) mass is 1080 g/mol. The van der Waals surface area contributed by atoms with E-state index in [0.29, 0.717) is 23.9 Å². The van der Waals surface area contributed by atoms with Gasteiger partial charge >= 0.3 is 17.9 Å². The second-order valence-corrected chi connectivity index (χ2v) is 23.0. The summed E-state index contributed by atoms with van der Waals surface area (Å²) < 4.78 is 22.9. The molecular formula is C68H124NO8+. The fourth-order valence-corrected chi connectivity index (χ4v) is 9.30. The number of carboxylic acids is 1. The predicted octanol–water partition coefficient (Wildman–Crippen LogP) is 19.6. The number of allylic oxidation sites excluding steroid dienone is 10. The number of ether oxygens (including phenoxy) is 4. The van der Waals surface area contributed by atoms with Crippen molar-refractivity contribution in [2.24, 2.45) is 0 Å². The first kappa shape index (κ1) is 74.0. The van der Waals surface area contributed by atoms with Crippen LogP contribution >= 0.6 is 0 Å². The fourth-order valence-electron chi connectivity index (χ4n) is 9.30. The lowest BCUT2D eigenvalue weighted by atomic mass is 10.0. The van der Waals surface area contributed by atoms with Crippen LogP contribution in [-0.2, 0) is 33.3 Å². The van der Waals surface area contributed by atoms with Crippen LogP contribution in [0.15, 0.2) is 60.8 Å². The van der Waals surface area contributed by atoms with Gasteiger partial charge in [-0.15, -0.1) is 0 Å². The number of carbonyl (C=O) groups is 3. The van der Waals surface area contributed by atoms with Crippen molar-refractivity contribution in [3.8, 4) is 0 Å². The third-order valence-corrected chi connectivity index (χ3v) is 14.3. The van der Waals surface area contributed by atoms with E-state index in [-0.39, 0.29) is 32.2 Å². The van der Waals surface area contributed by atoms with Crippen LogP contribution in [-0.4, -0.2) is 87.4 Å². The number of carbonyl (C=O) groups excluding carboxylic acids is 2. The highest BCUT2D eigenvalue weighted by molar-refractivity contribution is 5.71. The molecule has 0 heterocycles. The van der Waals surface area contributed by atoms with E-state index in [2.05, 4.69) is 74.6 Å². The summed E-state index contributed by atoms with van der Waals surface area (Å²) in [5.41, 5.74) is 0. The summed E-state index contributed by atoms with van der Waals surface area (Å²) in [5.74, 6) is -2.03. The van der Waals surface area contributed by atoms with E-state index >= 15 is 0 Å². The van der Waals surface area contributed by atoms with E-state index < -0.39 is 24.3 Å². The largest absolute Gasteiger partial charge is 0.477 e. The summed E-state index contributed by atoms with van der Waals surface area (Å²) in [4.78, 5) is 37.4. The highest BCUT2D eigenvalue weighted by Gasteiger charge is 2.25. The van der Waals surface area contributed by atoms with Gasteiger partial charge in [0.1, 0.15) is 13.2 Å². The Bertz CT molecular complexity index is 1450. The number of hydrogen-bond donors (Lipinski definition) is 1. The number of rotatable bonds is 60. The van der Waals surface area contributed by atoms with Crippen molar-refractivity contribution >= 4 is 17.9 Å². The minimum Gasteiger partial charge on any atom is -0.477 e.